The standard InChI is InChI=1S/C21H22N4O2/c1-13-8-7-9-14(2)19(13)25-21-22-15(3)12-18(24-21)23-17-11-6-5-10-16(17)20(26)27-4/h5-12H,1-4H3,(H2,22,23,24,25). The fourth-order valence-corrected chi connectivity index (χ4v) is 2.83. The van der Waals surface area contributed by atoms with Gasteiger partial charge in [-0.25, -0.2) is 9.78 Å². The predicted molar refractivity (Wildman–Crippen MR) is 107 cm³/mol. The summed E-state index contributed by atoms with van der Waals surface area (Å²) in [6, 6.07) is 15.1. The molecule has 0 fully saturated rings. The summed E-state index contributed by atoms with van der Waals surface area (Å²) in [5.41, 5.74) is 5.10. The number of anilines is 4. The number of ether oxygens (including phenoxy) is 1. The first-order valence-corrected chi connectivity index (χ1v) is 8.61. The van der Waals surface area contributed by atoms with Crippen LogP contribution in [0.3, 0.4) is 0 Å². The molecule has 3 aromatic rings. The number of methoxy groups -OCH3 is 1. The Labute approximate surface area is 158 Å². The number of hydrogen-bond acceptors (Lipinski definition) is 6. The van der Waals surface area contributed by atoms with Crippen LogP contribution >= 0.6 is 0 Å². The van der Waals surface area contributed by atoms with Crippen molar-refractivity contribution in [3.63, 3.8) is 0 Å². The van der Waals surface area contributed by atoms with Gasteiger partial charge in [-0.3, -0.25) is 0 Å². The van der Waals surface area contributed by atoms with Gasteiger partial charge >= 0.3 is 5.97 Å². The van der Waals surface area contributed by atoms with Gasteiger partial charge in [0.05, 0.1) is 18.4 Å². The molecule has 1 heterocycles. The van der Waals surface area contributed by atoms with Crippen LogP contribution in [0.4, 0.5) is 23.1 Å². The Kier molecular flexibility index (Phi) is 5.35. The van der Waals surface area contributed by atoms with E-state index in [1.165, 1.54) is 7.11 Å². The van der Waals surface area contributed by atoms with Crippen LogP contribution in [-0.4, -0.2) is 23.0 Å². The van der Waals surface area contributed by atoms with Crippen LogP contribution in [0.15, 0.2) is 48.5 Å². The topological polar surface area (TPSA) is 76.1 Å². The Morgan fingerprint density at radius 1 is 0.926 bits per heavy atom. The minimum absolute atomic E-state index is 0.405. The fraction of sp³-hybridized carbons (Fsp3) is 0.190. The lowest BCUT2D eigenvalue weighted by Gasteiger charge is -2.14. The van der Waals surface area contributed by atoms with Crippen LogP contribution in [0, 0.1) is 20.8 Å². The van der Waals surface area contributed by atoms with Crippen LogP contribution in [0.5, 0.6) is 0 Å². The largest absolute Gasteiger partial charge is 0.465 e. The number of carbonyl (C=O) groups excluding carboxylic acids is 1. The third kappa shape index (κ3) is 4.23. The van der Waals surface area contributed by atoms with Crippen molar-refractivity contribution in [3.05, 3.63) is 70.9 Å². The summed E-state index contributed by atoms with van der Waals surface area (Å²) in [6.07, 6.45) is 0. The normalized spacial score (nSPS) is 10.4. The van der Waals surface area contributed by atoms with Crippen molar-refractivity contribution >= 4 is 29.1 Å². The van der Waals surface area contributed by atoms with E-state index in [-0.39, 0.29) is 0 Å². The summed E-state index contributed by atoms with van der Waals surface area (Å²) in [7, 11) is 1.36. The van der Waals surface area contributed by atoms with Crippen molar-refractivity contribution in [1.29, 1.82) is 0 Å². The first kappa shape index (κ1) is 18.4. The third-order valence-electron chi connectivity index (χ3n) is 4.17. The summed E-state index contributed by atoms with van der Waals surface area (Å²) in [5, 5.41) is 6.49. The van der Waals surface area contributed by atoms with E-state index in [1.807, 2.05) is 57.2 Å². The molecule has 2 N–H and O–H groups in total. The van der Waals surface area contributed by atoms with Gasteiger partial charge in [0, 0.05) is 17.4 Å². The van der Waals surface area contributed by atoms with E-state index in [2.05, 4.69) is 20.6 Å². The second kappa shape index (κ2) is 7.86. The van der Waals surface area contributed by atoms with E-state index in [4.69, 9.17) is 4.74 Å². The smallest absolute Gasteiger partial charge is 0.339 e. The molecule has 0 spiro atoms. The van der Waals surface area contributed by atoms with Crippen molar-refractivity contribution in [2.24, 2.45) is 0 Å². The molecule has 0 aliphatic carbocycles. The Balaban J connectivity index is 1.92. The van der Waals surface area contributed by atoms with E-state index in [0.717, 1.165) is 22.5 Å². The zero-order valence-electron chi connectivity index (χ0n) is 15.8. The van der Waals surface area contributed by atoms with Gasteiger partial charge in [0.25, 0.3) is 0 Å². The lowest BCUT2D eigenvalue weighted by atomic mass is 10.1. The molecule has 1 aromatic heterocycles. The highest BCUT2D eigenvalue weighted by Gasteiger charge is 2.13. The molecule has 0 aliphatic heterocycles. The SMILES string of the molecule is COC(=O)c1ccccc1Nc1cc(C)nc(Nc2c(C)cccc2C)n1. The molecular formula is C21H22N4O2. The van der Waals surface area contributed by atoms with Gasteiger partial charge in [-0.15, -0.1) is 0 Å². The van der Waals surface area contributed by atoms with Crippen LogP contribution in [0.1, 0.15) is 27.2 Å². The van der Waals surface area contributed by atoms with Crippen molar-refractivity contribution in [1.82, 2.24) is 9.97 Å². The van der Waals surface area contributed by atoms with E-state index in [9.17, 15) is 4.79 Å². The Bertz CT molecular complexity index is 965. The van der Waals surface area contributed by atoms with Crippen LogP contribution in [-0.2, 0) is 4.74 Å². The van der Waals surface area contributed by atoms with E-state index in [1.54, 1.807) is 12.1 Å². The first-order valence-electron chi connectivity index (χ1n) is 8.61. The number of hydrogen-bond donors (Lipinski definition) is 2. The molecule has 3 rings (SSSR count). The first-order chi connectivity index (χ1) is 13.0. The molecule has 0 aliphatic rings. The van der Waals surface area contributed by atoms with Gasteiger partial charge in [-0.1, -0.05) is 30.3 Å². The van der Waals surface area contributed by atoms with Crippen LogP contribution in [0.2, 0.25) is 0 Å². The molecular weight excluding hydrogens is 340 g/mol. The zero-order chi connectivity index (χ0) is 19.4. The second-order valence-corrected chi connectivity index (χ2v) is 6.27. The quantitative estimate of drug-likeness (QED) is 0.642. The van der Waals surface area contributed by atoms with E-state index < -0.39 is 5.97 Å². The minimum Gasteiger partial charge on any atom is -0.465 e. The Morgan fingerprint density at radius 2 is 1.63 bits per heavy atom. The molecule has 0 radical (unpaired) electrons. The lowest BCUT2D eigenvalue weighted by Crippen LogP contribution is -2.08. The maximum absolute atomic E-state index is 12.0. The van der Waals surface area contributed by atoms with Crippen molar-refractivity contribution in [3.8, 4) is 0 Å². The highest BCUT2D eigenvalue weighted by molar-refractivity contribution is 5.96. The summed E-state index contributed by atoms with van der Waals surface area (Å²) in [5.74, 6) is 0.677. The number of aryl methyl sites for hydroxylation is 3. The second-order valence-electron chi connectivity index (χ2n) is 6.27. The molecule has 6 nitrogen and oxygen atoms in total. The summed E-state index contributed by atoms with van der Waals surface area (Å²) >= 11 is 0. The van der Waals surface area contributed by atoms with Gasteiger partial charge in [-0.05, 0) is 44.0 Å². The number of rotatable bonds is 5. The third-order valence-corrected chi connectivity index (χ3v) is 4.17. The van der Waals surface area contributed by atoms with Crippen molar-refractivity contribution in [2.75, 3.05) is 17.7 Å². The molecule has 0 saturated heterocycles. The van der Waals surface area contributed by atoms with Crippen LogP contribution < -0.4 is 10.6 Å². The molecule has 0 amide bonds. The maximum atomic E-state index is 12.0. The number of nitrogens with one attached hydrogen (secondary N) is 2. The molecule has 0 bridgehead atoms. The van der Waals surface area contributed by atoms with Crippen LogP contribution in [0.25, 0.3) is 0 Å². The molecule has 2 aromatic carbocycles. The summed E-state index contributed by atoms with van der Waals surface area (Å²) < 4.78 is 4.84. The average Bonchev–Trinajstić information content (AvgIpc) is 2.64. The number of esters is 1. The molecule has 27 heavy (non-hydrogen) atoms. The molecule has 0 atom stereocenters. The maximum Gasteiger partial charge on any atom is 0.339 e. The highest BCUT2D eigenvalue weighted by atomic mass is 16.5. The highest BCUT2D eigenvalue weighted by Crippen LogP contribution is 2.25. The van der Waals surface area contributed by atoms with Gasteiger partial charge in [0.1, 0.15) is 5.82 Å². The number of para-hydroxylation sites is 2. The van der Waals surface area contributed by atoms with Gasteiger partial charge in [0.15, 0.2) is 0 Å². The molecule has 0 saturated carbocycles. The van der Waals surface area contributed by atoms with Crippen molar-refractivity contribution in [2.45, 2.75) is 20.8 Å². The zero-order valence-corrected chi connectivity index (χ0v) is 15.8. The number of benzene rings is 2. The van der Waals surface area contributed by atoms with Gasteiger partial charge in [-0.2, -0.15) is 4.98 Å². The summed E-state index contributed by atoms with van der Waals surface area (Å²) in [6.45, 7) is 5.97. The van der Waals surface area contributed by atoms with Crippen molar-refractivity contribution < 1.29 is 9.53 Å². The summed E-state index contributed by atoms with van der Waals surface area (Å²) in [4.78, 5) is 21.0. The molecule has 6 heteroatoms. The minimum atomic E-state index is -0.405. The van der Waals surface area contributed by atoms with Gasteiger partial charge < -0.3 is 15.4 Å². The van der Waals surface area contributed by atoms with Gasteiger partial charge in [0.2, 0.25) is 5.95 Å². The number of aromatic nitrogens is 2. The Morgan fingerprint density at radius 3 is 2.33 bits per heavy atom. The molecule has 138 valence electrons. The van der Waals surface area contributed by atoms with E-state index >= 15 is 0 Å². The lowest BCUT2D eigenvalue weighted by molar-refractivity contribution is 0.0602. The van der Waals surface area contributed by atoms with E-state index in [0.29, 0.717) is 23.0 Å². The predicted octanol–water partition coefficient (Wildman–Crippen LogP) is 4.68. The number of nitrogens with zero attached hydrogens (tertiary/aromatic N) is 2. The monoisotopic (exact) mass is 362 g/mol. The Hall–Kier alpha value is -3.41. The number of carbonyl (C=O) groups is 1. The fourth-order valence-electron chi connectivity index (χ4n) is 2.83. The average molecular weight is 362 g/mol. The molecule has 0 unspecified atom stereocenters.